The topological polar surface area (TPSA) is 122 Å². The lowest BCUT2D eigenvalue weighted by atomic mass is 9.71. The second kappa shape index (κ2) is 9.71. The van der Waals surface area contributed by atoms with Gasteiger partial charge in [0.2, 0.25) is 5.91 Å². The zero-order valence-electron chi connectivity index (χ0n) is 18.9. The number of ether oxygens (including phenoxy) is 1. The number of rotatable bonds is 7. The number of carbonyl (C=O) groups is 3. The summed E-state index contributed by atoms with van der Waals surface area (Å²) < 4.78 is 18.6. The van der Waals surface area contributed by atoms with Gasteiger partial charge < -0.3 is 25.3 Å². The fraction of sp³-hybridized carbons (Fsp3) is 0.478. The summed E-state index contributed by atoms with van der Waals surface area (Å²) in [6, 6.07) is 3.90. The molecule has 34 heavy (non-hydrogen) atoms. The molecule has 0 bridgehead atoms. The van der Waals surface area contributed by atoms with Crippen LogP contribution >= 0.6 is 11.6 Å². The number of nitrogens with one attached hydrogen (secondary N) is 1. The van der Waals surface area contributed by atoms with Crippen LogP contribution in [0, 0.1) is 11.2 Å². The van der Waals surface area contributed by atoms with Crippen molar-refractivity contribution in [2.24, 2.45) is 11.1 Å². The Labute approximate surface area is 201 Å². The molecule has 1 aromatic heterocycles. The van der Waals surface area contributed by atoms with E-state index in [2.05, 4.69) is 9.97 Å². The van der Waals surface area contributed by atoms with Crippen LogP contribution in [-0.2, 0) is 9.53 Å². The first-order valence-corrected chi connectivity index (χ1v) is 11.6. The molecule has 3 N–H and O–H groups in total. The van der Waals surface area contributed by atoms with Gasteiger partial charge >= 0.3 is 0 Å². The Kier molecular flexibility index (Phi) is 6.90. The average Bonchev–Trinajstić information content (AvgIpc) is 3.42. The fourth-order valence-electron chi connectivity index (χ4n) is 5.10. The van der Waals surface area contributed by atoms with Gasteiger partial charge in [0, 0.05) is 26.2 Å². The molecule has 1 aliphatic heterocycles. The summed E-state index contributed by atoms with van der Waals surface area (Å²) in [4.78, 5) is 48.3. The number of hydrogen-bond donors (Lipinski definition) is 2. The second-order valence-corrected chi connectivity index (χ2v) is 9.20. The standard InChI is InChI=1S/C23H27ClFN5O4/c1-34-11-10-29(21(32)19-18(20(26)31)27-13-28-19)15-4-6-23(7-5-15)8-9-30(22(23)33)17-3-2-14(25)12-16(17)24/h2-3,12-13,15H,4-11H2,1H3,(H2,26,31)(H,27,28)/t15-,23+. The normalized spacial score (nSPS) is 22.4. The maximum atomic E-state index is 13.5. The molecule has 1 aromatic carbocycles. The molecule has 0 radical (unpaired) electrons. The largest absolute Gasteiger partial charge is 0.383 e. The number of benzene rings is 1. The average molecular weight is 492 g/mol. The molecule has 2 aliphatic rings. The number of nitrogens with two attached hydrogens (primary N) is 1. The van der Waals surface area contributed by atoms with Crippen molar-refractivity contribution in [3.8, 4) is 0 Å². The number of nitrogens with zero attached hydrogens (tertiary/aromatic N) is 3. The number of H-pyrrole nitrogens is 1. The molecule has 0 atom stereocenters. The van der Waals surface area contributed by atoms with Crippen LogP contribution < -0.4 is 10.6 Å². The van der Waals surface area contributed by atoms with Crippen molar-refractivity contribution >= 4 is 35.0 Å². The minimum absolute atomic E-state index is 0.0158. The van der Waals surface area contributed by atoms with Crippen molar-refractivity contribution in [2.75, 3.05) is 31.7 Å². The van der Waals surface area contributed by atoms with Gasteiger partial charge in [0.1, 0.15) is 11.5 Å². The van der Waals surface area contributed by atoms with Crippen LogP contribution in [0.5, 0.6) is 0 Å². The monoisotopic (exact) mass is 491 g/mol. The highest BCUT2D eigenvalue weighted by atomic mass is 35.5. The molecule has 182 valence electrons. The van der Waals surface area contributed by atoms with Gasteiger partial charge in [-0.25, -0.2) is 9.37 Å². The lowest BCUT2D eigenvalue weighted by molar-refractivity contribution is -0.127. The number of anilines is 1. The van der Waals surface area contributed by atoms with Crippen LogP contribution in [0.2, 0.25) is 5.02 Å². The number of aromatic amines is 1. The summed E-state index contributed by atoms with van der Waals surface area (Å²) in [5, 5.41) is 0.208. The highest BCUT2D eigenvalue weighted by molar-refractivity contribution is 6.34. The molecule has 1 aliphatic carbocycles. The first-order valence-electron chi connectivity index (χ1n) is 11.2. The van der Waals surface area contributed by atoms with E-state index in [4.69, 9.17) is 22.1 Å². The van der Waals surface area contributed by atoms with E-state index < -0.39 is 23.0 Å². The molecule has 1 saturated heterocycles. The van der Waals surface area contributed by atoms with E-state index >= 15 is 0 Å². The Hall–Kier alpha value is -2.98. The number of halogens is 2. The number of methoxy groups -OCH3 is 1. The first kappa shape index (κ1) is 24.2. The van der Waals surface area contributed by atoms with Crippen LogP contribution in [0.15, 0.2) is 24.5 Å². The summed E-state index contributed by atoms with van der Waals surface area (Å²) in [7, 11) is 1.55. The highest BCUT2D eigenvalue weighted by Crippen LogP contribution is 2.47. The van der Waals surface area contributed by atoms with E-state index in [9.17, 15) is 18.8 Å². The molecule has 1 spiro atoms. The Balaban J connectivity index is 1.49. The van der Waals surface area contributed by atoms with Crippen LogP contribution in [0.4, 0.5) is 10.1 Å². The number of carbonyl (C=O) groups excluding carboxylic acids is 3. The van der Waals surface area contributed by atoms with Gasteiger partial charge in [-0.2, -0.15) is 0 Å². The molecule has 2 fully saturated rings. The highest BCUT2D eigenvalue weighted by Gasteiger charge is 2.50. The van der Waals surface area contributed by atoms with E-state index in [1.165, 1.54) is 24.5 Å². The fourth-order valence-corrected chi connectivity index (χ4v) is 5.37. The molecule has 2 aromatic rings. The quantitative estimate of drug-likeness (QED) is 0.616. The predicted molar refractivity (Wildman–Crippen MR) is 123 cm³/mol. The van der Waals surface area contributed by atoms with Gasteiger partial charge in [-0.05, 0) is 50.3 Å². The summed E-state index contributed by atoms with van der Waals surface area (Å²) in [5.74, 6) is -1.62. The van der Waals surface area contributed by atoms with Crippen LogP contribution in [0.25, 0.3) is 0 Å². The van der Waals surface area contributed by atoms with Gasteiger partial charge in [-0.15, -0.1) is 0 Å². The smallest absolute Gasteiger partial charge is 0.275 e. The zero-order chi connectivity index (χ0) is 24.5. The van der Waals surface area contributed by atoms with E-state index in [0.29, 0.717) is 57.5 Å². The number of hydrogen-bond acceptors (Lipinski definition) is 5. The summed E-state index contributed by atoms with van der Waals surface area (Å²) in [5.41, 5.74) is 5.31. The van der Waals surface area contributed by atoms with E-state index in [-0.39, 0.29) is 28.4 Å². The molecule has 4 rings (SSSR count). The number of aromatic nitrogens is 2. The Morgan fingerprint density at radius 1 is 1.35 bits per heavy atom. The van der Waals surface area contributed by atoms with Gasteiger partial charge in [-0.1, -0.05) is 11.6 Å². The molecule has 11 heteroatoms. The van der Waals surface area contributed by atoms with E-state index in [1.807, 2.05) is 0 Å². The van der Waals surface area contributed by atoms with Crippen molar-refractivity contribution in [1.29, 1.82) is 0 Å². The van der Waals surface area contributed by atoms with Crippen LogP contribution in [0.1, 0.15) is 53.1 Å². The number of amides is 3. The maximum Gasteiger partial charge on any atom is 0.275 e. The van der Waals surface area contributed by atoms with E-state index in [0.717, 1.165) is 0 Å². The summed E-state index contributed by atoms with van der Waals surface area (Å²) in [6.45, 7) is 1.15. The Morgan fingerprint density at radius 3 is 2.74 bits per heavy atom. The summed E-state index contributed by atoms with van der Waals surface area (Å²) >= 11 is 6.20. The molecule has 2 heterocycles. The van der Waals surface area contributed by atoms with Crippen LogP contribution in [0.3, 0.4) is 0 Å². The van der Waals surface area contributed by atoms with E-state index in [1.54, 1.807) is 16.9 Å². The minimum atomic E-state index is -0.758. The lowest BCUT2D eigenvalue weighted by Gasteiger charge is -2.40. The zero-order valence-corrected chi connectivity index (χ0v) is 19.6. The summed E-state index contributed by atoms with van der Waals surface area (Å²) in [6.07, 6.45) is 4.37. The van der Waals surface area contributed by atoms with Crippen LogP contribution in [-0.4, -0.2) is 65.4 Å². The second-order valence-electron chi connectivity index (χ2n) is 8.80. The van der Waals surface area contributed by atoms with Gasteiger partial charge in [0.25, 0.3) is 11.8 Å². The first-order chi connectivity index (χ1) is 16.3. The third-order valence-corrected chi connectivity index (χ3v) is 7.25. The van der Waals surface area contributed by atoms with Crippen molar-refractivity contribution < 1.29 is 23.5 Å². The molecular weight excluding hydrogens is 465 g/mol. The molecule has 1 saturated carbocycles. The molecule has 0 unspecified atom stereocenters. The Bertz CT molecular complexity index is 1100. The Morgan fingerprint density at radius 2 is 2.09 bits per heavy atom. The predicted octanol–water partition coefficient (Wildman–Crippen LogP) is 2.76. The number of primary amides is 1. The van der Waals surface area contributed by atoms with Gasteiger partial charge in [0.05, 0.1) is 29.1 Å². The van der Waals surface area contributed by atoms with Gasteiger partial charge in [-0.3, -0.25) is 14.4 Å². The van der Waals surface area contributed by atoms with Crippen molar-refractivity contribution in [3.63, 3.8) is 0 Å². The van der Waals surface area contributed by atoms with Crippen molar-refractivity contribution in [1.82, 2.24) is 14.9 Å². The lowest BCUT2D eigenvalue weighted by Crippen LogP contribution is -2.47. The number of imidazole rings is 1. The molecule has 3 amide bonds. The molecule has 9 nitrogen and oxygen atoms in total. The molecular formula is C23H27ClFN5O4. The maximum absolute atomic E-state index is 13.5. The van der Waals surface area contributed by atoms with Gasteiger partial charge in [0.15, 0.2) is 5.69 Å². The van der Waals surface area contributed by atoms with Crippen molar-refractivity contribution in [2.45, 2.75) is 38.1 Å². The third-order valence-electron chi connectivity index (χ3n) is 6.95. The van der Waals surface area contributed by atoms with Crippen molar-refractivity contribution in [3.05, 3.63) is 46.8 Å². The third kappa shape index (κ3) is 4.39. The minimum Gasteiger partial charge on any atom is -0.383 e. The SMILES string of the molecule is COCCN(C(=O)c1nc[nH]c1C(N)=O)[C@H]1CC[C@]2(CCN(c3ccc(F)cc3Cl)C2=O)CC1.